The van der Waals surface area contributed by atoms with Crippen LogP contribution >= 0.6 is 11.6 Å². The number of aryl methyl sites for hydroxylation is 1. The molecular formula is C13H16ClN5O. The van der Waals surface area contributed by atoms with Gasteiger partial charge in [0, 0.05) is 29.4 Å². The Morgan fingerprint density at radius 1 is 1.40 bits per heavy atom. The van der Waals surface area contributed by atoms with Crippen molar-refractivity contribution in [2.45, 2.75) is 31.9 Å². The summed E-state index contributed by atoms with van der Waals surface area (Å²) in [5.41, 5.74) is 7.23. The van der Waals surface area contributed by atoms with Crippen LogP contribution in [0.2, 0.25) is 5.02 Å². The Morgan fingerprint density at radius 2 is 2.30 bits per heavy atom. The fourth-order valence-electron chi connectivity index (χ4n) is 2.44. The van der Waals surface area contributed by atoms with E-state index < -0.39 is 0 Å². The van der Waals surface area contributed by atoms with Crippen LogP contribution in [0.4, 0.5) is 5.69 Å². The lowest BCUT2D eigenvalue weighted by Crippen LogP contribution is -2.12. The van der Waals surface area contributed by atoms with Gasteiger partial charge in [-0.1, -0.05) is 11.6 Å². The third-order valence-electron chi connectivity index (χ3n) is 3.40. The highest BCUT2D eigenvalue weighted by atomic mass is 35.5. The van der Waals surface area contributed by atoms with E-state index in [1.165, 1.54) is 0 Å². The largest absolute Gasteiger partial charge is 0.399 e. The number of aromatic nitrogens is 4. The third kappa shape index (κ3) is 2.91. The molecule has 1 saturated heterocycles. The topological polar surface area (TPSA) is 78.9 Å². The Balaban J connectivity index is 1.78. The molecule has 1 aromatic heterocycles. The fraction of sp³-hybridized carbons (Fsp3) is 0.462. The summed E-state index contributed by atoms with van der Waals surface area (Å²) in [6.45, 7) is 1.58. The molecule has 1 atom stereocenters. The lowest BCUT2D eigenvalue weighted by Gasteiger charge is -2.10. The van der Waals surface area contributed by atoms with Crippen LogP contribution in [-0.2, 0) is 11.3 Å². The first-order valence-corrected chi connectivity index (χ1v) is 7.04. The molecule has 0 saturated carbocycles. The molecule has 0 amide bonds. The maximum absolute atomic E-state index is 6.02. The van der Waals surface area contributed by atoms with Crippen LogP contribution in [0.1, 0.15) is 19.3 Å². The van der Waals surface area contributed by atoms with Crippen LogP contribution in [0.25, 0.3) is 11.4 Å². The monoisotopic (exact) mass is 293 g/mol. The van der Waals surface area contributed by atoms with E-state index in [4.69, 9.17) is 22.1 Å². The van der Waals surface area contributed by atoms with Crippen molar-refractivity contribution >= 4 is 17.3 Å². The van der Waals surface area contributed by atoms with E-state index in [1.54, 1.807) is 10.7 Å². The molecule has 106 valence electrons. The molecule has 2 aromatic rings. The number of rotatable bonds is 4. The Hall–Kier alpha value is -1.66. The summed E-state index contributed by atoms with van der Waals surface area (Å²) in [4.78, 5) is 0. The average Bonchev–Trinajstić information content (AvgIpc) is 3.06. The van der Waals surface area contributed by atoms with Crippen molar-refractivity contribution in [1.29, 1.82) is 0 Å². The van der Waals surface area contributed by atoms with Gasteiger partial charge in [-0.3, -0.25) is 0 Å². The summed E-state index contributed by atoms with van der Waals surface area (Å²) >= 11 is 6.02. The molecule has 1 aliphatic heterocycles. The molecule has 0 spiro atoms. The normalized spacial score (nSPS) is 18.6. The smallest absolute Gasteiger partial charge is 0.182 e. The number of hydrogen-bond acceptors (Lipinski definition) is 5. The lowest BCUT2D eigenvalue weighted by molar-refractivity contribution is 0.0994. The number of hydrogen-bond donors (Lipinski definition) is 1. The standard InChI is InChI=1S/C13H16ClN5O/c14-10-6-9(7-11(15)8-10)13-16-17-18-19(13)4-3-12-2-1-5-20-12/h6-8,12H,1-5,15H2. The molecule has 2 heterocycles. The molecule has 20 heavy (non-hydrogen) atoms. The van der Waals surface area contributed by atoms with Gasteiger partial charge in [0.1, 0.15) is 0 Å². The minimum absolute atomic E-state index is 0.316. The molecule has 0 radical (unpaired) electrons. The zero-order chi connectivity index (χ0) is 13.9. The molecule has 6 nitrogen and oxygen atoms in total. The predicted octanol–water partition coefficient (Wildman–Crippen LogP) is 2.14. The number of benzene rings is 1. The van der Waals surface area contributed by atoms with Gasteiger partial charge in [0.15, 0.2) is 5.82 Å². The zero-order valence-corrected chi connectivity index (χ0v) is 11.8. The van der Waals surface area contributed by atoms with Gasteiger partial charge in [0.2, 0.25) is 0 Å². The van der Waals surface area contributed by atoms with Gasteiger partial charge < -0.3 is 10.5 Å². The summed E-state index contributed by atoms with van der Waals surface area (Å²) in [6, 6.07) is 5.33. The van der Waals surface area contributed by atoms with Crippen molar-refractivity contribution in [2.75, 3.05) is 12.3 Å². The SMILES string of the molecule is Nc1cc(Cl)cc(-c2nnnn2CCC2CCCO2)c1. The van der Waals surface area contributed by atoms with Crippen LogP contribution < -0.4 is 5.73 Å². The van der Waals surface area contributed by atoms with Crippen molar-refractivity contribution in [3.05, 3.63) is 23.2 Å². The minimum Gasteiger partial charge on any atom is -0.399 e. The molecule has 1 aromatic carbocycles. The molecule has 0 bridgehead atoms. The van der Waals surface area contributed by atoms with E-state index in [1.807, 2.05) is 12.1 Å². The van der Waals surface area contributed by atoms with Crippen molar-refractivity contribution in [3.8, 4) is 11.4 Å². The number of halogens is 1. The van der Waals surface area contributed by atoms with E-state index >= 15 is 0 Å². The number of anilines is 1. The predicted molar refractivity (Wildman–Crippen MR) is 76.3 cm³/mol. The van der Waals surface area contributed by atoms with E-state index in [9.17, 15) is 0 Å². The number of nitrogens with two attached hydrogens (primary N) is 1. The molecule has 3 rings (SSSR count). The van der Waals surface area contributed by atoms with Crippen molar-refractivity contribution in [1.82, 2.24) is 20.2 Å². The summed E-state index contributed by atoms with van der Waals surface area (Å²) in [7, 11) is 0. The summed E-state index contributed by atoms with van der Waals surface area (Å²) in [6.07, 6.45) is 3.48. The Morgan fingerprint density at radius 3 is 3.05 bits per heavy atom. The van der Waals surface area contributed by atoms with Gasteiger partial charge in [0.05, 0.1) is 6.10 Å². The Bertz CT molecular complexity index is 574. The highest BCUT2D eigenvalue weighted by Crippen LogP contribution is 2.24. The quantitative estimate of drug-likeness (QED) is 0.874. The molecular weight excluding hydrogens is 278 g/mol. The molecule has 2 N–H and O–H groups in total. The second-order valence-electron chi connectivity index (χ2n) is 4.92. The second kappa shape index (κ2) is 5.76. The summed E-state index contributed by atoms with van der Waals surface area (Å²) in [5, 5.41) is 12.4. The van der Waals surface area contributed by atoms with E-state index in [-0.39, 0.29) is 0 Å². The molecule has 1 fully saturated rings. The highest BCUT2D eigenvalue weighted by Gasteiger charge is 2.17. The van der Waals surface area contributed by atoms with E-state index in [2.05, 4.69) is 15.5 Å². The van der Waals surface area contributed by atoms with Gasteiger partial charge in [-0.05, 0) is 47.9 Å². The molecule has 1 unspecified atom stereocenters. The first kappa shape index (κ1) is 13.3. The first-order valence-electron chi connectivity index (χ1n) is 6.66. The lowest BCUT2D eigenvalue weighted by atomic mass is 10.1. The van der Waals surface area contributed by atoms with Gasteiger partial charge in [-0.25, -0.2) is 4.68 Å². The first-order chi connectivity index (χ1) is 9.72. The maximum Gasteiger partial charge on any atom is 0.182 e. The zero-order valence-electron chi connectivity index (χ0n) is 11.0. The van der Waals surface area contributed by atoms with Crippen LogP contribution in [0.5, 0.6) is 0 Å². The molecule has 0 aliphatic carbocycles. The van der Waals surface area contributed by atoms with Gasteiger partial charge in [-0.15, -0.1) is 5.10 Å². The second-order valence-corrected chi connectivity index (χ2v) is 5.36. The van der Waals surface area contributed by atoms with E-state index in [0.29, 0.717) is 22.6 Å². The molecule has 1 aliphatic rings. The number of tetrazole rings is 1. The average molecular weight is 294 g/mol. The highest BCUT2D eigenvalue weighted by molar-refractivity contribution is 6.31. The fourth-order valence-corrected chi connectivity index (χ4v) is 2.69. The Labute approximate surface area is 121 Å². The van der Waals surface area contributed by atoms with Crippen molar-refractivity contribution in [2.24, 2.45) is 0 Å². The van der Waals surface area contributed by atoms with Gasteiger partial charge >= 0.3 is 0 Å². The molecule has 7 heteroatoms. The van der Waals surface area contributed by atoms with E-state index in [0.717, 1.165) is 38.0 Å². The van der Waals surface area contributed by atoms with Crippen LogP contribution in [0, 0.1) is 0 Å². The van der Waals surface area contributed by atoms with Crippen LogP contribution in [-0.4, -0.2) is 32.9 Å². The number of nitrogen functional groups attached to an aromatic ring is 1. The number of nitrogens with zero attached hydrogens (tertiary/aromatic N) is 4. The summed E-state index contributed by atoms with van der Waals surface area (Å²) < 4.78 is 7.38. The maximum atomic E-state index is 6.02. The van der Waals surface area contributed by atoms with Crippen molar-refractivity contribution < 1.29 is 4.74 Å². The summed E-state index contributed by atoms with van der Waals surface area (Å²) in [5.74, 6) is 0.678. The van der Waals surface area contributed by atoms with Gasteiger partial charge in [0.25, 0.3) is 0 Å². The van der Waals surface area contributed by atoms with Crippen LogP contribution in [0.15, 0.2) is 18.2 Å². The third-order valence-corrected chi connectivity index (χ3v) is 3.62. The minimum atomic E-state index is 0.316. The van der Waals surface area contributed by atoms with Crippen molar-refractivity contribution in [3.63, 3.8) is 0 Å². The number of ether oxygens (including phenoxy) is 1. The van der Waals surface area contributed by atoms with Crippen LogP contribution in [0.3, 0.4) is 0 Å². The Kier molecular flexibility index (Phi) is 3.84. The van der Waals surface area contributed by atoms with Gasteiger partial charge in [-0.2, -0.15) is 0 Å².